The van der Waals surface area contributed by atoms with Crippen molar-refractivity contribution in [3.63, 3.8) is 0 Å². The minimum absolute atomic E-state index is 0.142. The van der Waals surface area contributed by atoms with Gasteiger partial charge in [-0.15, -0.1) is 0 Å². The van der Waals surface area contributed by atoms with Gasteiger partial charge in [0.15, 0.2) is 0 Å². The second-order valence-electron chi connectivity index (χ2n) is 1.75. The molecule has 0 saturated heterocycles. The Labute approximate surface area is 48.1 Å². The van der Waals surface area contributed by atoms with Crippen LogP contribution in [-0.2, 0) is 9.59 Å². The van der Waals surface area contributed by atoms with Gasteiger partial charge in [-0.2, -0.15) is 0 Å². The molecule has 1 radical (unpaired) electrons. The van der Waals surface area contributed by atoms with Gasteiger partial charge in [0.05, 0.1) is 0 Å². The van der Waals surface area contributed by atoms with E-state index in [1.807, 2.05) is 5.32 Å². The molecule has 3 nitrogen and oxygen atoms in total. The predicted molar refractivity (Wildman–Crippen MR) is 28.7 cm³/mol. The van der Waals surface area contributed by atoms with Gasteiger partial charge in [-0.1, -0.05) is 13.8 Å². The van der Waals surface area contributed by atoms with Gasteiger partial charge in [-0.25, -0.2) is 0 Å². The van der Waals surface area contributed by atoms with E-state index in [1.165, 1.54) is 6.41 Å². The number of hydrogen-bond acceptors (Lipinski definition) is 2. The molecule has 0 aliphatic rings. The van der Waals surface area contributed by atoms with E-state index in [1.54, 1.807) is 13.8 Å². The average molecular weight is 114 g/mol. The molecule has 8 heavy (non-hydrogen) atoms. The van der Waals surface area contributed by atoms with Gasteiger partial charge >= 0.3 is 6.41 Å². The molecule has 45 valence electrons. The fraction of sp³-hybridized carbons (Fsp3) is 0.600. The SMILES string of the molecule is CC(C)C(=O)N[C]=O. The van der Waals surface area contributed by atoms with Crippen LogP contribution in [0.4, 0.5) is 0 Å². The highest BCUT2D eigenvalue weighted by Gasteiger charge is 2.03. The summed E-state index contributed by atoms with van der Waals surface area (Å²) in [5.74, 6) is -0.434. The van der Waals surface area contributed by atoms with Crippen molar-refractivity contribution in [2.24, 2.45) is 5.92 Å². The zero-order valence-electron chi connectivity index (χ0n) is 4.89. The number of carbonyl (C=O) groups excluding carboxylic acids is 2. The smallest absolute Gasteiger partial charge is 0.288 e. The maximum Gasteiger partial charge on any atom is 0.316 e. The van der Waals surface area contributed by atoms with E-state index >= 15 is 0 Å². The largest absolute Gasteiger partial charge is 0.316 e. The first-order valence-electron chi connectivity index (χ1n) is 2.35. The Balaban J connectivity index is 3.48. The first kappa shape index (κ1) is 7.14. The van der Waals surface area contributed by atoms with E-state index in [4.69, 9.17) is 0 Å². The van der Waals surface area contributed by atoms with E-state index < -0.39 is 0 Å². The normalized spacial score (nSPS) is 8.88. The number of hydrogen-bond donors (Lipinski definition) is 1. The molecule has 0 atom stereocenters. The van der Waals surface area contributed by atoms with Crippen molar-refractivity contribution in [2.75, 3.05) is 0 Å². The molecular formula is C5H8NO2. The van der Waals surface area contributed by atoms with Crippen LogP contribution in [0, 0.1) is 5.92 Å². The Morgan fingerprint density at radius 1 is 1.62 bits per heavy atom. The van der Waals surface area contributed by atoms with E-state index in [0.717, 1.165) is 0 Å². The van der Waals surface area contributed by atoms with Crippen LogP contribution >= 0.6 is 0 Å². The van der Waals surface area contributed by atoms with Gasteiger partial charge in [0.25, 0.3) is 0 Å². The van der Waals surface area contributed by atoms with Crippen molar-refractivity contribution in [2.45, 2.75) is 13.8 Å². The first-order valence-corrected chi connectivity index (χ1v) is 2.35. The van der Waals surface area contributed by atoms with Crippen molar-refractivity contribution in [1.82, 2.24) is 5.32 Å². The molecule has 0 aliphatic heterocycles. The molecule has 0 aromatic heterocycles. The lowest BCUT2D eigenvalue weighted by Gasteiger charge is -1.97. The third-order valence-corrected chi connectivity index (χ3v) is 0.699. The lowest BCUT2D eigenvalue weighted by atomic mass is 10.2. The summed E-state index contributed by atoms with van der Waals surface area (Å²) in [5, 5.41) is 1.90. The molecule has 0 aliphatic carbocycles. The fourth-order valence-corrected chi connectivity index (χ4v) is 0.195. The maximum atomic E-state index is 10.4. The number of rotatable bonds is 2. The molecule has 0 heterocycles. The lowest BCUT2D eigenvalue weighted by Crippen LogP contribution is -2.25. The molecule has 0 saturated carbocycles. The Kier molecular flexibility index (Phi) is 2.84. The Morgan fingerprint density at radius 2 is 2.12 bits per heavy atom. The maximum absolute atomic E-state index is 10.4. The van der Waals surface area contributed by atoms with Crippen LogP contribution in [0.3, 0.4) is 0 Å². The molecule has 2 amide bonds. The van der Waals surface area contributed by atoms with Gasteiger partial charge in [0.2, 0.25) is 5.91 Å². The zero-order chi connectivity index (χ0) is 6.57. The second kappa shape index (κ2) is 3.18. The van der Waals surface area contributed by atoms with Crippen LogP contribution in [0.2, 0.25) is 0 Å². The minimum atomic E-state index is -0.292. The van der Waals surface area contributed by atoms with Crippen molar-refractivity contribution in [1.29, 1.82) is 0 Å². The highest BCUT2D eigenvalue weighted by atomic mass is 16.2. The zero-order valence-corrected chi connectivity index (χ0v) is 4.89. The molecule has 0 aromatic rings. The van der Waals surface area contributed by atoms with Gasteiger partial charge in [0.1, 0.15) is 0 Å². The molecule has 0 rings (SSSR count). The van der Waals surface area contributed by atoms with E-state index in [2.05, 4.69) is 0 Å². The topological polar surface area (TPSA) is 46.2 Å². The molecule has 0 bridgehead atoms. The number of carbonyl (C=O) groups is 1. The first-order chi connectivity index (χ1) is 3.68. The summed E-state index contributed by atoms with van der Waals surface area (Å²) in [7, 11) is 0. The molecule has 0 aromatic carbocycles. The second-order valence-corrected chi connectivity index (χ2v) is 1.75. The molecule has 3 heteroatoms. The lowest BCUT2D eigenvalue weighted by molar-refractivity contribution is -0.122. The number of nitrogens with one attached hydrogen (secondary N) is 1. The van der Waals surface area contributed by atoms with Gasteiger partial charge in [-0.3, -0.25) is 14.9 Å². The van der Waals surface area contributed by atoms with Crippen LogP contribution in [0.15, 0.2) is 0 Å². The van der Waals surface area contributed by atoms with E-state index in [9.17, 15) is 9.59 Å². The summed E-state index contributed by atoms with van der Waals surface area (Å²) in [6.45, 7) is 3.40. The van der Waals surface area contributed by atoms with Gasteiger partial charge in [-0.05, 0) is 0 Å². The van der Waals surface area contributed by atoms with Crippen LogP contribution < -0.4 is 5.32 Å². The Morgan fingerprint density at radius 3 is 2.25 bits per heavy atom. The van der Waals surface area contributed by atoms with E-state index in [-0.39, 0.29) is 11.8 Å². The summed E-state index contributed by atoms with van der Waals surface area (Å²) >= 11 is 0. The third-order valence-electron chi connectivity index (χ3n) is 0.699. The average Bonchev–Trinajstić information content (AvgIpc) is 1.67. The van der Waals surface area contributed by atoms with E-state index in [0.29, 0.717) is 0 Å². The fourth-order valence-electron chi connectivity index (χ4n) is 0.195. The predicted octanol–water partition coefficient (Wildman–Crippen LogP) is -0.174. The monoisotopic (exact) mass is 114 g/mol. The van der Waals surface area contributed by atoms with Crippen molar-refractivity contribution >= 4 is 12.3 Å². The molecular weight excluding hydrogens is 106 g/mol. The summed E-state index contributed by atoms with van der Waals surface area (Å²) in [6.07, 6.45) is 1.30. The number of imide groups is 1. The molecule has 1 N–H and O–H groups in total. The number of amides is 2. The van der Waals surface area contributed by atoms with Gasteiger partial charge in [0, 0.05) is 5.92 Å². The van der Waals surface area contributed by atoms with Crippen molar-refractivity contribution in [3.8, 4) is 0 Å². The Hall–Kier alpha value is -0.860. The summed E-state index contributed by atoms with van der Waals surface area (Å²) < 4.78 is 0. The molecule has 0 fully saturated rings. The van der Waals surface area contributed by atoms with Crippen LogP contribution in [0.25, 0.3) is 0 Å². The third kappa shape index (κ3) is 2.34. The standard InChI is InChI=1S/C5H8NO2/c1-4(2)5(8)6-3-7/h4H,1-2H3,(H,6,7,8). The highest BCUT2D eigenvalue weighted by molar-refractivity contribution is 5.87. The quantitative estimate of drug-likeness (QED) is 0.506. The van der Waals surface area contributed by atoms with Crippen LogP contribution in [0.5, 0.6) is 0 Å². The van der Waals surface area contributed by atoms with Crippen LogP contribution in [0.1, 0.15) is 13.8 Å². The highest BCUT2D eigenvalue weighted by Crippen LogP contribution is 1.87. The summed E-state index contributed by atoms with van der Waals surface area (Å²) in [4.78, 5) is 19.8. The minimum Gasteiger partial charge on any atom is -0.288 e. The van der Waals surface area contributed by atoms with Gasteiger partial charge < -0.3 is 0 Å². The molecule has 0 spiro atoms. The van der Waals surface area contributed by atoms with Crippen molar-refractivity contribution < 1.29 is 9.59 Å². The molecule has 0 unspecified atom stereocenters. The summed E-state index contributed by atoms with van der Waals surface area (Å²) in [6, 6.07) is 0. The summed E-state index contributed by atoms with van der Waals surface area (Å²) in [5.41, 5.74) is 0. The van der Waals surface area contributed by atoms with Crippen LogP contribution in [-0.4, -0.2) is 12.3 Å². The Bertz CT molecular complexity index is 98.6. The van der Waals surface area contributed by atoms with Crippen molar-refractivity contribution in [3.05, 3.63) is 0 Å².